The number of rotatable bonds is 8. The number of hydrogen-bond acceptors (Lipinski definition) is 2. The van der Waals surface area contributed by atoms with Crippen LogP contribution in [0.5, 0.6) is 0 Å². The van der Waals surface area contributed by atoms with E-state index in [4.69, 9.17) is 18.0 Å². The lowest BCUT2D eigenvalue weighted by molar-refractivity contribution is 0.182. The van der Waals surface area contributed by atoms with Crippen LogP contribution >= 0.6 is 12.2 Å². The van der Waals surface area contributed by atoms with E-state index in [0.29, 0.717) is 16.9 Å². The Bertz CT molecular complexity index is 378. The molecule has 0 bridgehead atoms. The van der Waals surface area contributed by atoms with Crippen molar-refractivity contribution in [2.24, 2.45) is 11.7 Å². The Kier molecular flexibility index (Phi) is 7.03. The van der Waals surface area contributed by atoms with Crippen LogP contribution in [0.4, 0.5) is 0 Å². The summed E-state index contributed by atoms with van der Waals surface area (Å²) in [5.74, 6) is 0.692. The van der Waals surface area contributed by atoms with Crippen molar-refractivity contribution >= 4 is 17.2 Å². The van der Waals surface area contributed by atoms with E-state index in [-0.39, 0.29) is 0 Å². The van der Waals surface area contributed by atoms with Crippen molar-refractivity contribution < 1.29 is 0 Å². The van der Waals surface area contributed by atoms with Gasteiger partial charge in [0.05, 0.1) is 4.99 Å². The van der Waals surface area contributed by atoms with Gasteiger partial charge in [-0.25, -0.2) is 0 Å². The Morgan fingerprint density at radius 2 is 1.89 bits per heavy atom. The van der Waals surface area contributed by atoms with Crippen molar-refractivity contribution in [2.45, 2.75) is 39.7 Å². The van der Waals surface area contributed by atoms with E-state index in [1.54, 1.807) is 0 Å². The third kappa shape index (κ3) is 5.29. The van der Waals surface area contributed by atoms with Crippen LogP contribution in [0.3, 0.4) is 0 Å². The molecule has 3 heteroatoms. The van der Waals surface area contributed by atoms with E-state index >= 15 is 0 Å². The smallest absolute Gasteiger partial charge is 0.0746 e. The summed E-state index contributed by atoms with van der Waals surface area (Å²) in [5.41, 5.74) is 7.10. The average Bonchev–Trinajstić information content (AvgIpc) is 2.43. The molecule has 2 N–H and O–H groups in total. The second-order valence-corrected chi connectivity index (χ2v) is 5.72. The van der Waals surface area contributed by atoms with Crippen LogP contribution in [0.25, 0.3) is 0 Å². The number of thiocarbonyl (C=S) groups is 1. The number of benzene rings is 1. The molecule has 0 aliphatic rings. The maximum absolute atomic E-state index is 5.79. The molecule has 1 rings (SSSR count). The molecule has 0 heterocycles. The quantitative estimate of drug-likeness (QED) is 0.734. The predicted octanol–water partition coefficient (Wildman–Crippen LogP) is 3.77. The molecule has 2 nitrogen and oxygen atoms in total. The summed E-state index contributed by atoms with van der Waals surface area (Å²) in [5, 5.41) is 0. The van der Waals surface area contributed by atoms with Gasteiger partial charge in [-0.3, -0.25) is 4.90 Å². The highest BCUT2D eigenvalue weighted by atomic mass is 32.1. The van der Waals surface area contributed by atoms with E-state index in [9.17, 15) is 0 Å². The molecule has 1 aromatic rings. The summed E-state index contributed by atoms with van der Waals surface area (Å²) < 4.78 is 0. The lowest BCUT2D eigenvalue weighted by Gasteiger charge is -2.33. The number of hydrogen-bond donors (Lipinski definition) is 1. The van der Waals surface area contributed by atoms with E-state index in [1.165, 1.54) is 12.0 Å². The molecule has 0 aliphatic heterocycles. The van der Waals surface area contributed by atoms with E-state index in [1.807, 2.05) is 6.07 Å². The molecule has 106 valence electrons. The summed E-state index contributed by atoms with van der Waals surface area (Å²) >= 11 is 5.13. The fourth-order valence-corrected chi connectivity index (χ4v) is 2.49. The molecule has 19 heavy (non-hydrogen) atoms. The maximum atomic E-state index is 5.79. The van der Waals surface area contributed by atoms with Crippen molar-refractivity contribution in [1.29, 1.82) is 0 Å². The van der Waals surface area contributed by atoms with Gasteiger partial charge >= 0.3 is 0 Å². The predicted molar refractivity (Wildman–Crippen MR) is 87.3 cm³/mol. The summed E-state index contributed by atoms with van der Waals surface area (Å²) in [7, 11) is 0. The Morgan fingerprint density at radius 3 is 2.37 bits per heavy atom. The zero-order chi connectivity index (χ0) is 14.3. The van der Waals surface area contributed by atoms with E-state index < -0.39 is 0 Å². The van der Waals surface area contributed by atoms with E-state index in [2.05, 4.69) is 49.9 Å². The highest BCUT2D eigenvalue weighted by Crippen LogP contribution is 2.25. The van der Waals surface area contributed by atoms with Gasteiger partial charge in [0.15, 0.2) is 0 Å². The van der Waals surface area contributed by atoms with Crippen LogP contribution in [-0.2, 0) is 0 Å². The van der Waals surface area contributed by atoms with Gasteiger partial charge in [0.25, 0.3) is 0 Å². The topological polar surface area (TPSA) is 29.3 Å². The number of nitrogens with zero attached hydrogens (tertiary/aromatic N) is 1. The summed E-state index contributed by atoms with van der Waals surface area (Å²) in [6.07, 6.45) is 1.95. The molecule has 2 atom stereocenters. The monoisotopic (exact) mass is 278 g/mol. The SMILES string of the molecule is CCC(C)CN(CC)C(CC(N)=S)c1ccccc1. The average molecular weight is 278 g/mol. The first-order valence-corrected chi connectivity index (χ1v) is 7.56. The summed E-state index contributed by atoms with van der Waals surface area (Å²) in [4.78, 5) is 3.08. The van der Waals surface area contributed by atoms with Gasteiger partial charge in [0, 0.05) is 19.0 Å². The van der Waals surface area contributed by atoms with Crippen LogP contribution in [0.15, 0.2) is 30.3 Å². The molecule has 0 saturated carbocycles. The lowest BCUT2D eigenvalue weighted by atomic mass is 9.99. The summed E-state index contributed by atoms with van der Waals surface area (Å²) in [6.45, 7) is 8.86. The van der Waals surface area contributed by atoms with Gasteiger partial charge in [-0.05, 0) is 18.0 Å². The second-order valence-electron chi connectivity index (χ2n) is 5.20. The molecule has 0 saturated heterocycles. The molecule has 0 aliphatic carbocycles. The van der Waals surface area contributed by atoms with Crippen LogP contribution in [0.1, 0.15) is 45.2 Å². The Labute approximate surface area is 123 Å². The molecular weight excluding hydrogens is 252 g/mol. The summed E-state index contributed by atoms with van der Waals surface area (Å²) in [6, 6.07) is 10.9. The lowest BCUT2D eigenvalue weighted by Crippen LogP contribution is -2.34. The second kappa shape index (κ2) is 8.28. The Morgan fingerprint density at radius 1 is 1.26 bits per heavy atom. The third-order valence-corrected chi connectivity index (χ3v) is 3.84. The fourth-order valence-electron chi connectivity index (χ4n) is 2.33. The van der Waals surface area contributed by atoms with Gasteiger partial charge in [0.2, 0.25) is 0 Å². The molecule has 0 radical (unpaired) electrons. The molecule has 1 aromatic carbocycles. The van der Waals surface area contributed by atoms with Gasteiger partial charge in [-0.1, -0.05) is 69.7 Å². The molecule has 0 amide bonds. The van der Waals surface area contributed by atoms with Crippen molar-refractivity contribution in [3.63, 3.8) is 0 Å². The first-order chi connectivity index (χ1) is 9.08. The molecular formula is C16H26N2S. The van der Waals surface area contributed by atoms with Crippen LogP contribution in [0.2, 0.25) is 0 Å². The van der Waals surface area contributed by atoms with E-state index in [0.717, 1.165) is 19.5 Å². The van der Waals surface area contributed by atoms with Gasteiger partial charge in [-0.2, -0.15) is 0 Å². The normalized spacial score (nSPS) is 14.3. The van der Waals surface area contributed by atoms with Crippen LogP contribution < -0.4 is 5.73 Å². The number of nitrogens with two attached hydrogens (primary N) is 1. The zero-order valence-corrected chi connectivity index (χ0v) is 13.1. The zero-order valence-electron chi connectivity index (χ0n) is 12.3. The van der Waals surface area contributed by atoms with Crippen molar-refractivity contribution in [2.75, 3.05) is 13.1 Å². The first kappa shape index (κ1) is 16.1. The van der Waals surface area contributed by atoms with Gasteiger partial charge < -0.3 is 5.73 Å². The van der Waals surface area contributed by atoms with Crippen LogP contribution in [0, 0.1) is 5.92 Å². The maximum Gasteiger partial charge on any atom is 0.0746 e. The largest absolute Gasteiger partial charge is 0.393 e. The highest BCUT2D eigenvalue weighted by Gasteiger charge is 2.21. The first-order valence-electron chi connectivity index (χ1n) is 7.15. The highest BCUT2D eigenvalue weighted by molar-refractivity contribution is 7.80. The molecule has 0 fully saturated rings. The van der Waals surface area contributed by atoms with Crippen LogP contribution in [-0.4, -0.2) is 23.0 Å². The van der Waals surface area contributed by atoms with Crippen molar-refractivity contribution in [3.05, 3.63) is 35.9 Å². The van der Waals surface area contributed by atoms with Crippen molar-refractivity contribution in [1.82, 2.24) is 4.90 Å². The minimum absolute atomic E-state index is 0.303. The molecule has 0 aromatic heterocycles. The van der Waals surface area contributed by atoms with Gasteiger partial charge in [-0.15, -0.1) is 0 Å². The standard InChI is InChI=1S/C16H26N2S/c1-4-13(3)12-18(5-2)15(11-16(17)19)14-9-7-6-8-10-14/h6-10,13,15H,4-5,11-12H2,1-3H3,(H2,17,19). The molecule has 0 spiro atoms. The fraction of sp³-hybridized carbons (Fsp3) is 0.562. The minimum atomic E-state index is 0.303. The minimum Gasteiger partial charge on any atom is -0.393 e. The van der Waals surface area contributed by atoms with Crippen molar-refractivity contribution in [3.8, 4) is 0 Å². The third-order valence-electron chi connectivity index (χ3n) is 3.67. The Balaban J connectivity index is 2.91. The van der Waals surface area contributed by atoms with Gasteiger partial charge in [0.1, 0.15) is 0 Å². The Hall–Kier alpha value is -0.930. The molecule has 2 unspecified atom stereocenters.